The monoisotopic (exact) mass is 471 g/mol. The minimum atomic E-state index is -4.23. The zero-order chi connectivity index (χ0) is 23.1. The van der Waals surface area contributed by atoms with Gasteiger partial charge in [-0.2, -0.15) is 18.4 Å². The van der Waals surface area contributed by atoms with Gasteiger partial charge in [-0.25, -0.2) is 9.97 Å². The molecule has 9 heteroatoms. The maximum absolute atomic E-state index is 12.9. The number of nitrogens with one attached hydrogen (secondary N) is 1. The van der Waals surface area contributed by atoms with Crippen molar-refractivity contribution in [3.05, 3.63) is 47.1 Å². The fourth-order valence-corrected chi connectivity index (χ4v) is 6.31. The number of anilines is 2. The number of fused-ring (bicyclic) bond motifs is 1. The lowest BCUT2D eigenvalue weighted by atomic mass is 9.85. The van der Waals surface area contributed by atoms with Crippen molar-refractivity contribution in [1.82, 2.24) is 9.97 Å². The van der Waals surface area contributed by atoms with Crippen molar-refractivity contribution in [2.45, 2.75) is 50.7 Å². The highest BCUT2D eigenvalue weighted by molar-refractivity contribution is 7.18. The molecule has 5 nitrogen and oxygen atoms in total. The molecule has 5 rings (SSSR count). The van der Waals surface area contributed by atoms with Crippen LogP contribution in [0.4, 0.5) is 24.7 Å². The smallest absolute Gasteiger partial charge is 0.382 e. The summed E-state index contributed by atoms with van der Waals surface area (Å²) in [6.45, 7) is 1.72. The molecule has 172 valence electrons. The highest BCUT2D eigenvalue weighted by atomic mass is 32.1. The quantitative estimate of drug-likeness (QED) is 0.515. The molecular formula is C24H24F3N5S. The van der Waals surface area contributed by atoms with Crippen LogP contribution in [-0.4, -0.2) is 35.3 Å². The van der Waals surface area contributed by atoms with Crippen molar-refractivity contribution in [3.63, 3.8) is 0 Å². The van der Waals surface area contributed by atoms with Crippen LogP contribution < -0.4 is 10.2 Å². The topological polar surface area (TPSA) is 64.8 Å². The number of nitrogens with zero attached hydrogens (tertiary/aromatic N) is 4. The Balaban J connectivity index is 1.27. The van der Waals surface area contributed by atoms with Gasteiger partial charge in [0.05, 0.1) is 24.3 Å². The van der Waals surface area contributed by atoms with E-state index in [0.717, 1.165) is 72.6 Å². The Morgan fingerprint density at radius 3 is 2.79 bits per heavy atom. The predicted molar refractivity (Wildman–Crippen MR) is 123 cm³/mol. The largest absolute Gasteiger partial charge is 0.393 e. The molecule has 1 saturated carbocycles. The standard InChI is InChI=1S/C24H24F3N5S/c25-24(26,27)13-19-11-20-21(29-15-30-22(20)33-19)32-10-8-23(14-32)7-5-18(12-23)31-17-3-1-16(2-4-17)6-9-28/h1-4,11,15,18,31H,5-8,10,12-14H2. The van der Waals surface area contributed by atoms with Gasteiger partial charge in [0.2, 0.25) is 0 Å². The van der Waals surface area contributed by atoms with Gasteiger partial charge in [-0.1, -0.05) is 12.1 Å². The number of nitriles is 1. The predicted octanol–water partition coefficient (Wildman–Crippen LogP) is 5.72. The fraction of sp³-hybridized carbons (Fsp3) is 0.458. The van der Waals surface area contributed by atoms with Crippen LogP contribution in [-0.2, 0) is 12.8 Å². The van der Waals surface area contributed by atoms with Gasteiger partial charge in [-0.3, -0.25) is 0 Å². The summed E-state index contributed by atoms with van der Waals surface area (Å²) in [6.07, 6.45) is 1.03. The van der Waals surface area contributed by atoms with Crippen molar-refractivity contribution in [3.8, 4) is 6.07 Å². The lowest BCUT2D eigenvalue weighted by Gasteiger charge is -2.25. The van der Waals surface area contributed by atoms with Crippen molar-refractivity contribution in [2.75, 3.05) is 23.3 Å². The number of thiophene rings is 1. The lowest BCUT2D eigenvalue weighted by Crippen LogP contribution is -2.27. The number of hydrogen-bond acceptors (Lipinski definition) is 6. The average Bonchev–Trinajstić information content (AvgIpc) is 3.47. The van der Waals surface area contributed by atoms with Crippen molar-refractivity contribution in [1.29, 1.82) is 5.26 Å². The molecule has 1 aliphatic carbocycles. The SMILES string of the molecule is N#CCc1ccc(NC2CCC3(CCN(c4ncnc5sc(CC(F)(F)F)cc45)C3)C2)cc1. The van der Waals surface area contributed by atoms with Gasteiger partial charge >= 0.3 is 6.18 Å². The fourth-order valence-electron chi connectivity index (χ4n) is 5.29. The molecule has 1 saturated heterocycles. The van der Waals surface area contributed by atoms with Crippen LogP contribution in [0.2, 0.25) is 0 Å². The Labute approximate surface area is 194 Å². The Kier molecular flexibility index (Phi) is 5.65. The van der Waals surface area contributed by atoms with Crippen LogP contribution in [0.5, 0.6) is 0 Å². The third kappa shape index (κ3) is 4.76. The molecule has 1 aromatic carbocycles. The summed E-state index contributed by atoms with van der Waals surface area (Å²) in [7, 11) is 0. The Bertz CT molecular complexity index is 1180. The van der Waals surface area contributed by atoms with E-state index >= 15 is 0 Å². The van der Waals surface area contributed by atoms with Crippen LogP contribution in [0, 0.1) is 16.7 Å². The van der Waals surface area contributed by atoms with Gasteiger partial charge < -0.3 is 10.2 Å². The maximum atomic E-state index is 12.9. The minimum Gasteiger partial charge on any atom is -0.382 e. The molecule has 1 spiro atoms. The summed E-state index contributed by atoms with van der Waals surface area (Å²) in [6, 6.07) is 12.2. The van der Waals surface area contributed by atoms with E-state index in [9.17, 15) is 13.2 Å². The van der Waals surface area contributed by atoms with Gasteiger partial charge in [-0.15, -0.1) is 11.3 Å². The second-order valence-corrected chi connectivity index (χ2v) is 10.3. The molecule has 0 radical (unpaired) electrons. The van der Waals surface area contributed by atoms with Gasteiger partial charge in [0.15, 0.2) is 0 Å². The molecular weight excluding hydrogens is 447 g/mol. The van der Waals surface area contributed by atoms with Crippen LogP contribution in [0.3, 0.4) is 0 Å². The third-order valence-corrected chi connectivity index (χ3v) is 7.83. The molecule has 2 fully saturated rings. The molecule has 1 aliphatic heterocycles. The van der Waals surface area contributed by atoms with E-state index in [0.29, 0.717) is 17.3 Å². The number of halogens is 3. The Morgan fingerprint density at radius 1 is 1.21 bits per heavy atom. The van der Waals surface area contributed by atoms with Gasteiger partial charge in [0, 0.05) is 29.7 Å². The van der Waals surface area contributed by atoms with Gasteiger partial charge in [0.1, 0.15) is 17.0 Å². The molecule has 33 heavy (non-hydrogen) atoms. The molecule has 0 amide bonds. The van der Waals surface area contributed by atoms with E-state index in [1.807, 2.05) is 24.3 Å². The average molecular weight is 472 g/mol. The highest BCUT2D eigenvalue weighted by Crippen LogP contribution is 2.48. The zero-order valence-corrected chi connectivity index (χ0v) is 18.8. The first kappa shape index (κ1) is 22.0. The normalized spacial score (nSPS) is 22.8. The lowest BCUT2D eigenvalue weighted by molar-refractivity contribution is -0.126. The molecule has 1 N–H and O–H groups in total. The van der Waals surface area contributed by atoms with E-state index in [-0.39, 0.29) is 10.3 Å². The summed E-state index contributed by atoms with van der Waals surface area (Å²) in [5, 5.41) is 13.2. The van der Waals surface area contributed by atoms with E-state index in [2.05, 4.69) is 26.3 Å². The zero-order valence-electron chi connectivity index (χ0n) is 18.0. The van der Waals surface area contributed by atoms with E-state index < -0.39 is 12.6 Å². The van der Waals surface area contributed by atoms with Crippen LogP contribution in [0.15, 0.2) is 36.7 Å². The van der Waals surface area contributed by atoms with Crippen molar-refractivity contribution in [2.24, 2.45) is 5.41 Å². The summed E-state index contributed by atoms with van der Waals surface area (Å²) in [4.78, 5) is 11.8. The van der Waals surface area contributed by atoms with E-state index in [4.69, 9.17) is 5.26 Å². The molecule has 2 unspecified atom stereocenters. The number of benzene rings is 1. The molecule has 0 bridgehead atoms. The van der Waals surface area contributed by atoms with E-state index in [1.54, 1.807) is 6.07 Å². The highest BCUT2D eigenvalue weighted by Gasteiger charge is 2.44. The van der Waals surface area contributed by atoms with Gasteiger partial charge in [0.25, 0.3) is 0 Å². The first-order valence-electron chi connectivity index (χ1n) is 11.1. The van der Waals surface area contributed by atoms with E-state index in [1.165, 1.54) is 6.33 Å². The molecule has 3 aromatic rings. The second-order valence-electron chi connectivity index (χ2n) is 9.21. The van der Waals surface area contributed by atoms with Crippen LogP contribution in [0.25, 0.3) is 10.2 Å². The number of rotatable bonds is 5. The summed E-state index contributed by atoms with van der Waals surface area (Å²) < 4.78 is 38.6. The second kappa shape index (κ2) is 8.49. The number of hydrogen-bond donors (Lipinski definition) is 1. The molecule has 2 aromatic heterocycles. The first-order valence-corrected chi connectivity index (χ1v) is 11.9. The molecule has 3 heterocycles. The van der Waals surface area contributed by atoms with Crippen LogP contribution in [0.1, 0.15) is 36.1 Å². The summed E-state index contributed by atoms with van der Waals surface area (Å²) in [5.74, 6) is 0.756. The van der Waals surface area contributed by atoms with Crippen molar-refractivity contribution < 1.29 is 13.2 Å². The number of aromatic nitrogens is 2. The maximum Gasteiger partial charge on any atom is 0.393 e. The van der Waals surface area contributed by atoms with Crippen LogP contribution >= 0.6 is 11.3 Å². The van der Waals surface area contributed by atoms with Crippen molar-refractivity contribution >= 4 is 33.1 Å². The molecule has 2 aliphatic rings. The minimum absolute atomic E-state index is 0.195. The van der Waals surface area contributed by atoms with Gasteiger partial charge in [-0.05, 0) is 54.9 Å². The third-order valence-electron chi connectivity index (χ3n) is 6.78. The first-order chi connectivity index (χ1) is 15.8. The molecule has 2 atom stereocenters. The Hall–Kier alpha value is -2.86. The summed E-state index contributed by atoms with van der Waals surface area (Å²) >= 11 is 1.10. The Morgan fingerprint density at radius 2 is 2.03 bits per heavy atom. The summed E-state index contributed by atoms with van der Waals surface area (Å²) in [5.41, 5.74) is 2.28. The number of alkyl halides is 3.